The first-order chi connectivity index (χ1) is 8.71. The molecule has 0 saturated carbocycles. The van der Waals surface area contributed by atoms with Crippen LogP contribution in [0.2, 0.25) is 0 Å². The number of likely N-dealkylation sites (N-methyl/N-ethyl adjacent to an activating group) is 2. The Hall–Kier alpha value is -1.15. The molecule has 0 fully saturated rings. The van der Waals surface area contributed by atoms with E-state index < -0.39 is 21.8 Å². The van der Waals surface area contributed by atoms with Crippen molar-refractivity contribution >= 4 is 21.7 Å². The van der Waals surface area contributed by atoms with E-state index in [0.29, 0.717) is 13.1 Å². The SMILES string of the molecule is CCNC(=O)CN(CC)C(=O)C(N)CCS(C)(=O)=O. The first-order valence-electron chi connectivity index (χ1n) is 6.20. The lowest BCUT2D eigenvalue weighted by Gasteiger charge is -2.23. The van der Waals surface area contributed by atoms with Crippen LogP contribution in [0.5, 0.6) is 0 Å². The van der Waals surface area contributed by atoms with Crippen molar-refractivity contribution in [2.24, 2.45) is 5.73 Å². The fourth-order valence-corrected chi connectivity index (χ4v) is 2.15. The lowest BCUT2D eigenvalue weighted by atomic mass is 10.2. The van der Waals surface area contributed by atoms with Crippen molar-refractivity contribution in [2.45, 2.75) is 26.3 Å². The number of carbonyl (C=O) groups is 2. The van der Waals surface area contributed by atoms with Crippen LogP contribution in [-0.4, -0.2) is 62.8 Å². The quantitative estimate of drug-likeness (QED) is 0.580. The van der Waals surface area contributed by atoms with Crippen LogP contribution in [-0.2, 0) is 19.4 Å². The number of rotatable bonds is 8. The molecule has 8 heteroatoms. The molecule has 0 aliphatic heterocycles. The summed E-state index contributed by atoms with van der Waals surface area (Å²) in [5.74, 6) is -0.802. The maximum absolute atomic E-state index is 12.0. The zero-order valence-electron chi connectivity index (χ0n) is 11.7. The molecule has 1 unspecified atom stereocenters. The van der Waals surface area contributed by atoms with Crippen LogP contribution in [0.1, 0.15) is 20.3 Å². The summed E-state index contributed by atoms with van der Waals surface area (Å²) in [4.78, 5) is 24.7. The second kappa shape index (κ2) is 8.11. The van der Waals surface area contributed by atoms with E-state index in [-0.39, 0.29) is 24.6 Å². The van der Waals surface area contributed by atoms with Gasteiger partial charge in [-0.1, -0.05) is 0 Å². The molecular weight excluding hydrogens is 270 g/mol. The largest absolute Gasteiger partial charge is 0.355 e. The molecule has 3 N–H and O–H groups in total. The minimum Gasteiger partial charge on any atom is -0.355 e. The third-order valence-electron chi connectivity index (χ3n) is 2.52. The number of carbonyl (C=O) groups excluding carboxylic acids is 2. The molecule has 0 aromatic heterocycles. The van der Waals surface area contributed by atoms with Crippen molar-refractivity contribution in [3.05, 3.63) is 0 Å². The molecule has 19 heavy (non-hydrogen) atoms. The molecule has 0 saturated heterocycles. The van der Waals surface area contributed by atoms with Crippen molar-refractivity contribution < 1.29 is 18.0 Å². The Morgan fingerprint density at radius 1 is 1.32 bits per heavy atom. The predicted molar refractivity (Wildman–Crippen MR) is 73.2 cm³/mol. The van der Waals surface area contributed by atoms with Gasteiger partial charge < -0.3 is 16.0 Å². The first kappa shape index (κ1) is 17.8. The summed E-state index contributed by atoms with van der Waals surface area (Å²) in [6, 6.07) is -0.899. The number of nitrogens with zero attached hydrogens (tertiary/aromatic N) is 1. The molecule has 112 valence electrons. The van der Waals surface area contributed by atoms with Gasteiger partial charge in [0.2, 0.25) is 11.8 Å². The molecule has 0 spiro atoms. The topological polar surface area (TPSA) is 110 Å². The predicted octanol–water partition coefficient (Wildman–Crippen LogP) is -1.27. The summed E-state index contributed by atoms with van der Waals surface area (Å²) >= 11 is 0. The molecule has 0 aromatic carbocycles. The van der Waals surface area contributed by atoms with Gasteiger partial charge in [0.1, 0.15) is 9.84 Å². The number of nitrogens with two attached hydrogens (primary N) is 1. The summed E-state index contributed by atoms with van der Waals surface area (Å²) in [6.07, 6.45) is 1.15. The van der Waals surface area contributed by atoms with Crippen LogP contribution in [0, 0.1) is 0 Å². The third-order valence-corrected chi connectivity index (χ3v) is 3.50. The molecule has 0 rings (SSSR count). The van der Waals surface area contributed by atoms with Crippen LogP contribution in [0.4, 0.5) is 0 Å². The zero-order valence-corrected chi connectivity index (χ0v) is 12.5. The highest BCUT2D eigenvalue weighted by Gasteiger charge is 2.22. The van der Waals surface area contributed by atoms with Gasteiger partial charge in [-0.15, -0.1) is 0 Å². The molecule has 7 nitrogen and oxygen atoms in total. The van der Waals surface area contributed by atoms with Crippen LogP contribution in [0.15, 0.2) is 0 Å². The van der Waals surface area contributed by atoms with E-state index in [0.717, 1.165) is 6.26 Å². The molecule has 0 heterocycles. The highest BCUT2D eigenvalue weighted by atomic mass is 32.2. The highest BCUT2D eigenvalue weighted by molar-refractivity contribution is 7.90. The fraction of sp³-hybridized carbons (Fsp3) is 0.818. The van der Waals surface area contributed by atoms with Gasteiger partial charge in [0.15, 0.2) is 0 Å². The number of hydrogen-bond acceptors (Lipinski definition) is 5. The zero-order chi connectivity index (χ0) is 15.1. The van der Waals surface area contributed by atoms with Crippen molar-refractivity contribution in [3.8, 4) is 0 Å². The van der Waals surface area contributed by atoms with Crippen LogP contribution in [0.25, 0.3) is 0 Å². The maximum Gasteiger partial charge on any atom is 0.239 e. The van der Waals surface area contributed by atoms with E-state index in [2.05, 4.69) is 5.32 Å². The van der Waals surface area contributed by atoms with E-state index >= 15 is 0 Å². The maximum atomic E-state index is 12.0. The fourth-order valence-electron chi connectivity index (χ4n) is 1.47. The Morgan fingerprint density at radius 3 is 2.32 bits per heavy atom. The molecule has 1 atom stereocenters. The van der Waals surface area contributed by atoms with E-state index in [4.69, 9.17) is 5.73 Å². The minimum atomic E-state index is -3.15. The first-order valence-corrected chi connectivity index (χ1v) is 8.26. The second-order valence-electron chi connectivity index (χ2n) is 4.33. The molecule has 0 radical (unpaired) electrons. The van der Waals surface area contributed by atoms with Crippen molar-refractivity contribution in [1.29, 1.82) is 0 Å². The smallest absolute Gasteiger partial charge is 0.239 e. The van der Waals surface area contributed by atoms with Gasteiger partial charge in [-0.2, -0.15) is 0 Å². The summed E-state index contributed by atoms with van der Waals surface area (Å²) < 4.78 is 22.0. The summed E-state index contributed by atoms with van der Waals surface area (Å²) in [6.45, 7) is 4.30. The molecule has 0 aromatic rings. The molecule has 0 aliphatic carbocycles. The van der Waals surface area contributed by atoms with Gasteiger partial charge in [0.25, 0.3) is 0 Å². The Labute approximate surface area is 114 Å². The van der Waals surface area contributed by atoms with Gasteiger partial charge in [-0.05, 0) is 20.3 Å². The van der Waals surface area contributed by atoms with Crippen molar-refractivity contribution in [2.75, 3.05) is 31.6 Å². The normalized spacial score (nSPS) is 12.8. The van der Waals surface area contributed by atoms with E-state index in [1.54, 1.807) is 13.8 Å². The Balaban J connectivity index is 4.44. The molecule has 2 amide bonds. The standard InChI is InChI=1S/C11H23N3O4S/c1-4-13-10(15)8-14(5-2)11(16)9(12)6-7-19(3,17)18/h9H,4-8,12H2,1-3H3,(H,13,15). The van der Waals surface area contributed by atoms with Crippen molar-refractivity contribution in [3.63, 3.8) is 0 Å². The molecule has 0 bridgehead atoms. The van der Waals surface area contributed by atoms with Crippen LogP contribution < -0.4 is 11.1 Å². The monoisotopic (exact) mass is 293 g/mol. The molecule has 0 aliphatic rings. The Morgan fingerprint density at radius 2 is 1.89 bits per heavy atom. The van der Waals surface area contributed by atoms with E-state index in [9.17, 15) is 18.0 Å². The van der Waals surface area contributed by atoms with Crippen LogP contribution in [0.3, 0.4) is 0 Å². The average Bonchev–Trinajstić information content (AvgIpc) is 2.31. The van der Waals surface area contributed by atoms with Crippen molar-refractivity contribution in [1.82, 2.24) is 10.2 Å². The lowest BCUT2D eigenvalue weighted by Crippen LogP contribution is -2.48. The van der Waals surface area contributed by atoms with Gasteiger partial charge in [-0.25, -0.2) is 8.42 Å². The lowest BCUT2D eigenvalue weighted by molar-refractivity contribution is -0.136. The van der Waals surface area contributed by atoms with E-state index in [1.807, 2.05) is 0 Å². The number of amides is 2. The number of sulfone groups is 1. The summed E-state index contributed by atoms with van der Waals surface area (Å²) in [7, 11) is -3.15. The highest BCUT2D eigenvalue weighted by Crippen LogP contribution is 2.00. The van der Waals surface area contributed by atoms with Gasteiger partial charge in [0, 0.05) is 19.3 Å². The summed E-state index contributed by atoms with van der Waals surface area (Å²) in [5.41, 5.74) is 5.66. The van der Waals surface area contributed by atoms with Gasteiger partial charge >= 0.3 is 0 Å². The second-order valence-corrected chi connectivity index (χ2v) is 6.59. The number of nitrogens with one attached hydrogen (secondary N) is 1. The Bertz CT molecular complexity index is 408. The van der Waals surface area contributed by atoms with E-state index in [1.165, 1.54) is 4.90 Å². The Kier molecular flexibility index (Phi) is 7.62. The van der Waals surface area contributed by atoms with Gasteiger partial charge in [0.05, 0.1) is 18.3 Å². The number of hydrogen-bond donors (Lipinski definition) is 2. The van der Waals surface area contributed by atoms with Crippen LogP contribution >= 0.6 is 0 Å². The molecular formula is C11H23N3O4S. The minimum absolute atomic E-state index is 0.0591. The average molecular weight is 293 g/mol. The summed E-state index contributed by atoms with van der Waals surface area (Å²) in [5, 5.41) is 2.59. The van der Waals surface area contributed by atoms with Gasteiger partial charge in [-0.3, -0.25) is 9.59 Å². The third kappa shape index (κ3) is 7.78.